The van der Waals surface area contributed by atoms with E-state index in [0.29, 0.717) is 35.0 Å². The first-order valence-corrected chi connectivity index (χ1v) is 8.82. The van der Waals surface area contributed by atoms with Crippen molar-refractivity contribution >= 4 is 33.8 Å². The summed E-state index contributed by atoms with van der Waals surface area (Å²) < 4.78 is 0. The third-order valence-corrected chi connectivity index (χ3v) is 5.21. The van der Waals surface area contributed by atoms with Gasteiger partial charge in [0.05, 0.1) is 10.6 Å². The normalized spacial score (nSPS) is 15.8. The molecule has 5 nitrogen and oxygen atoms in total. The molecule has 3 rings (SSSR count). The maximum absolute atomic E-state index is 12.2. The highest BCUT2D eigenvalue weighted by Crippen LogP contribution is 2.38. The summed E-state index contributed by atoms with van der Waals surface area (Å²) in [7, 11) is 0. The maximum Gasteiger partial charge on any atom is 0.226 e. The van der Waals surface area contributed by atoms with Gasteiger partial charge in [-0.3, -0.25) is 9.59 Å². The van der Waals surface area contributed by atoms with Crippen LogP contribution in [0.2, 0.25) is 0 Å². The largest absolute Gasteiger partial charge is 0.399 e. The molecular formula is C18H21N3O2S. The molecule has 1 amide bonds. The van der Waals surface area contributed by atoms with Gasteiger partial charge in [-0.15, -0.1) is 0 Å². The summed E-state index contributed by atoms with van der Waals surface area (Å²) in [5.41, 5.74) is 8.29. The number of Topliss-reactive ketones (excluding diaryl/α,β-unsaturated/α-hetero) is 1. The van der Waals surface area contributed by atoms with Crippen LogP contribution >= 0.6 is 11.3 Å². The van der Waals surface area contributed by atoms with Gasteiger partial charge in [0.1, 0.15) is 0 Å². The minimum Gasteiger partial charge on any atom is -0.399 e. The number of hydrogen-bond acceptors (Lipinski definition) is 5. The number of hydrogen-bond donors (Lipinski definition) is 2. The molecule has 0 aliphatic heterocycles. The Morgan fingerprint density at radius 1 is 1.33 bits per heavy atom. The summed E-state index contributed by atoms with van der Waals surface area (Å²) in [6.45, 7) is 4.13. The number of para-hydroxylation sites is 1. The molecule has 0 saturated heterocycles. The van der Waals surface area contributed by atoms with Crippen molar-refractivity contribution in [1.82, 2.24) is 4.98 Å². The van der Waals surface area contributed by atoms with Gasteiger partial charge in [-0.25, -0.2) is 4.98 Å². The number of carbonyl (C=O) groups excluding carboxylic acids is 2. The van der Waals surface area contributed by atoms with Crippen molar-refractivity contribution < 1.29 is 9.59 Å². The van der Waals surface area contributed by atoms with Gasteiger partial charge in [-0.1, -0.05) is 43.4 Å². The molecule has 6 heteroatoms. The minimum absolute atomic E-state index is 0.0652. The molecule has 3 N–H and O–H groups in total. The van der Waals surface area contributed by atoms with E-state index in [1.165, 1.54) is 11.3 Å². The number of benzene rings is 1. The molecule has 1 aliphatic rings. The highest BCUT2D eigenvalue weighted by molar-refractivity contribution is 7.17. The number of aromatic nitrogens is 1. The lowest BCUT2D eigenvalue weighted by atomic mass is 9.78. The van der Waals surface area contributed by atoms with Crippen molar-refractivity contribution in [3.63, 3.8) is 0 Å². The molecule has 1 aliphatic carbocycles. The Hall–Kier alpha value is -2.21. The van der Waals surface area contributed by atoms with Gasteiger partial charge in [-0.05, 0) is 29.9 Å². The first-order valence-electron chi connectivity index (χ1n) is 8.00. The number of nitrogen functional groups attached to an aromatic ring is 1. The fourth-order valence-electron chi connectivity index (χ4n) is 2.97. The number of fused-ring (bicyclic) bond motifs is 1. The van der Waals surface area contributed by atoms with Crippen LogP contribution in [0.4, 0.5) is 10.8 Å². The highest BCUT2D eigenvalue weighted by atomic mass is 32.1. The minimum atomic E-state index is -0.115. The van der Waals surface area contributed by atoms with Gasteiger partial charge in [0.15, 0.2) is 10.9 Å². The van der Waals surface area contributed by atoms with Crippen LogP contribution < -0.4 is 11.1 Å². The Bertz CT molecular complexity index is 795. The van der Waals surface area contributed by atoms with E-state index in [1.54, 1.807) is 0 Å². The Morgan fingerprint density at radius 3 is 2.83 bits per heavy atom. The number of anilines is 2. The fourth-order valence-corrected chi connectivity index (χ4v) is 3.90. The van der Waals surface area contributed by atoms with Crippen molar-refractivity contribution in [2.24, 2.45) is 5.41 Å². The lowest BCUT2D eigenvalue weighted by molar-refractivity contribution is -0.116. The van der Waals surface area contributed by atoms with Crippen LogP contribution in [0.15, 0.2) is 24.3 Å². The van der Waals surface area contributed by atoms with Crippen LogP contribution in [0.3, 0.4) is 0 Å². The monoisotopic (exact) mass is 343 g/mol. The molecule has 1 aromatic heterocycles. The van der Waals surface area contributed by atoms with E-state index in [1.807, 2.05) is 24.3 Å². The number of nitrogens with zero attached hydrogens (tertiary/aromatic N) is 1. The molecule has 1 heterocycles. The predicted molar refractivity (Wildman–Crippen MR) is 96.4 cm³/mol. The molecule has 0 bridgehead atoms. The standard InChI is InChI=1S/C18H21N3O2S/c1-18(2)9-13-16(14(22)10-18)24-17(20-13)21-15(23)8-7-11-5-3-4-6-12(11)19/h3-6H,7-10,19H2,1-2H3,(H,20,21,23). The van der Waals surface area contributed by atoms with Crippen LogP contribution in [-0.2, 0) is 17.6 Å². The van der Waals surface area contributed by atoms with Gasteiger partial charge < -0.3 is 11.1 Å². The molecule has 1 aromatic carbocycles. The van der Waals surface area contributed by atoms with Crippen LogP contribution in [0, 0.1) is 5.41 Å². The second kappa shape index (κ2) is 6.36. The van der Waals surface area contributed by atoms with Crippen LogP contribution in [-0.4, -0.2) is 16.7 Å². The summed E-state index contributed by atoms with van der Waals surface area (Å²) in [6.07, 6.45) is 2.21. The van der Waals surface area contributed by atoms with E-state index < -0.39 is 0 Å². The van der Waals surface area contributed by atoms with Crippen LogP contribution in [0.25, 0.3) is 0 Å². The zero-order chi connectivity index (χ0) is 17.3. The summed E-state index contributed by atoms with van der Waals surface area (Å²) >= 11 is 1.28. The SMILES string of the molecule is CC1(C)CC(=O)c2sc(NC(=O)CCc3ccccc3N)nc2C1. The lowest BCUT2D eigenvalue weighted by Crippen LogP contribution is -2.26. The molecule has 0 radical (unpaired) electrons. The van der Waals surface area contributed by atoms with Gasteiger partial charge in [-0.2, -0.15) is 0 Å². The molecule has 126 valence electrons. The highest BCUT2D eigenvalue weighted by Gasteiger charge is 2.34. The quantitative estimate of drug-likeness (QED) is 0.833. The molecule has 0 spiro atoms. The van der Waals surface area contributed by atoms with Crippen molar-refractivity contribution in [3.8, 4) is 0 Å². The topological polar surface area (TPSA) is 85.1 Å². The average Bonchev–Trinajstić information content (AvgIpc) is 2.87. The second-order valence-electron chi connectivity index (χ2n) is 6.98. The Morgan fingerprint density at radius 2 is 2.08 bits per heavy atom. The number of nitrogens with two attached hydrogens (primary N) is 1. The number of aryl methyl sites for hydroxylation is 1. The first kappa shape index (κ1) is 16.6. The first-order chi connectivity index (χ1) is 11.3. The van der Waals surface area contributed by atoms with Gasteiger partial charge in [0, 0.05) is 18.5 Å². The molecule has 0 fully saturated rings. The van der Waals surface area contributed by atoms with E-state index in [0.717, 1.165) is 17.7 Å². The van der Waals surface area contributed by atoms with E-state index in [9.17, 15) is 9.59 Å². The summed E-state index contributed by atoms with van der Waals surface area (Å²) in [5, 5.41) is 3.32. The van der Waals surface area contributed by atoms with Crippen LogP contribution in [0.5, 0.6) is 0 Å². The Kier molecular flexibility index (Phi) is 4.41. The zero-order valence-electron chi connectivity index (χ0n) is 13.9. The molecule has 0 atom stereocenters. The predicted octanol–water partition coefficient (Wildman–Crippen LogP) is 3.45. The smallest absolute Gasteiger partial charge is 0.226 e. The fraction of sp³-hybridized carbons (Fsp3) is 0.389. The number of amides is 1. The van der Waals surface area contributed by atoms with Gasteiger partial charge >= 0.3 is 0 Å². The number of rotatable bonds is 4. The van der Waals surface area contributed by atoms with E-state index in [4.69, 9.17) is 5.73 Å². The molecule has 24 heavy (non-hydrogen) atoms. The Labute approximate surface area is 145 Å². The number of ketones is 1. The molecule has 0 unspecified atom stereocenters. The third-order valence-electron chi connectivity index (χ3n) is 4.16. The van der Waals surface area contributed by atoms with Crippen molar-refractivity contribution in [1.29, 1.82) is 0 Å². The van der Waals surface area contributed by atoms with Crippen molar-refractivity contribution in [2.75, 3.05) is 11.1 Å². The van der Waals surface area contributed by atoms with E-state index in [-0.39, 0.29) is 17.1 Å². The third kappa shape index (κ3) is 3.64. The average molecular weight is 343 g/mol. The number of thiazole rings is 1. The number of carbonyl (C=O) groups is 2. The summed E-state index contributed by atoms with van der Waals surface area (Å²) in [4.78, 5) is 29.5. The van der Waals surface area contributed by atoms with Gasteiger partial charge in [0.25, 0.3) is 0 Å². The van der Waals surface area contributed by atoms with Crippen molar-refractivity contribution in [3.05, 3.63) is 40.4 Å². The van der Waals surface area contributed by atoms with Crippen LogP contribution in [0.1, 0.15) is 47.6 Å². The molecular weight excluding hydrogens is 322 g/mol. The van der Waals surface area contributed by atoms with E-state index in [2.05, 4.69) is 24.1 Å². The summed E-state index contributed by atoms with van der Waals surface area (Å²) in [6, 6.07) is 7.53. The molecule has 0 saturated carbocycles. The zero-order valence-corrected chi connectivity index (χ0v) is 14.7. The second-order valence-corrected chi connectivity index (χ2v) is 7.98. The maximum atomic E-state index is 12.2. The van der Waals surface area contributed by atoms with Crippen molar-refractivity contribution in [2.45, 2.75) is 39.5 Å². The Balaban J connectivity index is 1.64. The number of nitrogens with one attached hydrogen (secondary N) is 1. The molecule has 2 aromatic rings. The van der Waals surface area contributed by atoms with E-state index >= 15 is 0 Å². The van der Waals surface area contributed by atoms with Gasteiger partial charge in [0.2, 0.25) is 5.91 Å². The summed E-state index contributed by atoms with van der Waals surface area (Å²) in [5.74, 6) is 0.00682. The lowest BCUT2D eigenvalue weighted by Gasteiger charge is -2.26.